The molecule has 37 heavy (non-hydrogen) atoms. The molecule has 1 amide bonds. The Bertz CT molecular complexity index is 1140. The average Bonchev–Trinajstić information content (AvgIpc) is 3.38. The van der Waals surface area contributed by atoms with Crippen molar-refractivity contribution >= 4 is 17.6 Å². The topological polar surface area (TPSA) is 89.9 Å². The molecule has 0 radical (unpaired) electrons. The van der Waals surface area contributed by atoms with Gasteiger partial charge in [-0.15, -0.1) is 0 Å². The van der Waals surface area contributed by atoms with Crippen molar-refractivity contribution in [2.45, 2.75) is 32.2 Å². The molecule has 1 unspecified atom stereocenters. The SMILES string of the molecule is CCOC(=O)C1CCN(CC(=O)N2N=C(c3ccc(OC)c(OC)c3)CC2c2ccccc2OC)CC1. The minimum absolute atomic E-state index is 0.0963. The van der Waals surface area contributed by atoms with Crippen molar-refractivity contribution in [3.05, 3.63) is 53.6 Å². The van der Waals surface area contributed by atoms with Crippen molar-refractivity contribution in [3.63, 3.8) is 0 Å². The lowest BCUT2D eigenvalue weighted by Crippen LogP contribution is -2.43. The van der Waals surface area contributed by atoms with Crippen LogP contribution in [0.25, 0.3) is 0 Å². The zero-order valence-electron chi connectivity index (χ0n) is 21.9. The van der Waals surface area contributed by atoms with E-state index in [9.17, 15) is 9.59 Å². The molecule has 0 aliphatic carbocycles. The van der Waals surface area contributed by atoms with Crippen LogP contribution in [0.1, 0.15) is 43.4 Å². The Kier molecular flexibility index (Phi) is 8.66. The maximum Gasteiger partial charge on any atom is 0.309 e. The van der Waals surface area contributed by atoms with Gasteiger partial charge in [-0.1, -0.05) is 18.2 Å². The quantitative estimate of drug-likeness (QED) is 0.477. The number of para-hydroxylation sites is 1. The number of rotatable bonds is 9. The molecule has 0 saturated carbocycles. The number of carbonyl (C=O) groups excluding carboxylic acids is 2. The van der Waals surface area contributed by atoms with Gasteiger partial charge in [-0.25, -0.2) is 5.01 Å². The van der Waals surface area contributed by atoms with E-state index in [4.69, 9.17) is 24.0 Å². The van der Waals surface area contributed by atoms with Crippen LogP contribution in [0, 0.1) is 5.92 Å². The Morgan fingerprint density at radius 3 is 2.32 bits per heavy atom. The number of methoxy groups -OCH3 is 3. The third-order valence-corrected chi connectivity index (χ3v) is 6.95. The first-order chi connectivity index (χ1) is 18.0. The third kappa shape index (κ3) is 5.88. The minimum Gasteiger partial charge on any atom is -0.496 e. The fourth-order valence-corrected chi connectivity index (χ4v) is 4.97. The van der Waals surface area contributed by atoms with Gasteiger partial charge < -0.3 is 18.9 Å². The van der Waals surface area contributed by atoms with Gasteiger partial charge in [0.05, 0.1) is 52.2 Å². The standard InChI is InChI=1S/C28H35N3O6/c1-5-37-28(33)19-12-14-30(15-13-19)18-27(32)31-23(21-8-6-7-9-24(21)34-2)17-22(29-31)20-10-11-25(35-3)26(16-20)36-4/h6-11,16,19,23H,5,12-15,17-18H2,1-4H3. The van der Waals surface area contributed by atoms with Gasteiger partial charge in [-0.2, -0.15) is 5.10 Å². The number of amides is 1. The number of likely N-dealkylation sites (tertiary alicyclic amines) is 1. The number of esters is 1. The fraction of sp³-hybridized carbons (Fsp3) is 0.464. The van der Waals surface area contributed by atoms with E-state index >= 15 is 0 Å². The number of hydrogen-bond donors (Lipinski definition) is 0. The van der Waals surface area contributed by atoms with Gasteiger partial charge in [0.1, 0.15) is 5.75 Å². The summed E-state index contributed by atoms with van der Waals surface area (Å²) in [5.41, 5.74) is 2.55. The van der Waals surface area contributed by atoms with Gasteiger partial charge in [0, 0.05) is 17.5 Å². The van der Waals surface area contributed by atoms with Crippen LogP contribution >= 0.6 is 0 Å². The first-order valence-corrected chi connectivity index (χ1v) is 12.6. The van der Waals surface area contributed by atoms with E-state index in [0.717, 1.165) is 16.8 Å². The Hall–Kier alpha value is -3.59. The monoisotopic (exact) mass is 509 g/mol. The van der Waals surface area contributed by atoms with Crippen molar-refractivity contribution in [2.24, 2.45) is 11.0 Å². The van der Waals surface area contributed by atoms with Crippen molar-refractivity contribution in [1.82, 2.24) is 9.91 Å². The highest BCUT2D eigenvalue weighted by Gasteiger charge is 2.36. The third-order valence-electron chi connectivity index (χ3n) is 6.95. The van der Waals surface area contributed by atoms with Gasteiger partial charge in [0.15, 0.2) is 11.5 Å². The van der Waals surface area contributed by atoms with E-state index < -0.39 is 0 Å². The van der Waals surface area contributed by atoms with E-state index in [1.165, 1.54) is 0 Å². The average molecular weight is 510 g/mol. The summed E-state index contributed by atoms with van der Waals surface area (Å²) in [4.78, 5) is 27.8. The molecular weight excluding hydrogens is 474 g/mol. The highest BCUT2D eigenvalue weighted by Crippen LogP contribution is 2.39. The molecule has 4 rings (SSSR count). The zero-order valence-corrected chi connectivity index (χ0v) is 21.9. The van der Waals surface area contributed by atoms with E-state index in [-0.39, 0.29) is 30.4 Å². The molecule has 2 aromatic rings. The van der Waals surface area contributed by atoms with Crippen LogP contribution in [0.3, 0.4) is 0 Å². The largest absolute Gasteiger partial charge is 0.496 e. The van der Waals surface area contributed by atoms with Crippen LogP contribution in [0.5, 0.6) is 17.2 Å². The molecule has 0 N–H and O–H groups in total. The fourth-order valence-electron chi connectivity index (χ4n) is 4.97. The maximum absolute atomic E-state index is 13.6. The van der Waals surface area contributed by atoms with Crippen molar-refractivity contribution < 1.29 is 28.5 Å². The highest BCUT2D eigenvalue weighted by molar-refractivity contribution is 6.03. The second-order valence-corrected chi connectivity index (χ2v) is 9.12. The van der Waals surface area contributed by atoms with E-state index in [1.807, 2.05) is 49.4 Å². The number of benzene rings is 2. The lowest BCUT2D eigenvalue weighted by molar-refractivity contribution is -0.149. The molecule has 0 bridgehead atoms. The highest BCUT2D eigenvalue weighted by atomic mass is 16.5. The molecule has 1 atom stereocenters. The van der Waals surface area contributed by atoms with Gasteiger partial charge in [0.25, 0.3) is 5.91 Å². The lowest BCUT2D eigenvalue weighted by Gasteiger charge is -2.32. The second kappa shape index (κ2) is 12.1. The van der Waals surface area contributed by atoms with Crippen molar-refractivity contribution in [2.75, 3.05) is 47.6 Å². The molecule has 1 fully saturated rings. The molecule has 2 heterocycles. The Morgan fingerprint density at radius 2 is 1.65 bits per heavy atom. The number of piperidine rings is 1. The number of hydrogen-bond acceptors (Lipinski definition) is 8. The van der Waals surface area contributed by atoms with E-state index in [2.05, 4.69) is 4.90 Å². The molecule has 1 saturated heterocycles. The Morgan fingerprint density at radius 1 is 0.946 bits per heavy atom. The molecular formula is C28H35N3O6. The Balaban J connectivity index is 1.56. The van der Waals surface area contributed by atoms with E-state index in [0.29, 0.717) is 56.2 Å². The van der Waals surface area contributed by atoms with Crippen LogP contribution in [-0.4, -0.2) is 75.1 Å². The number of carbonyl (C=O) groups is 2. The molecule has 2 aliphatic heterocycles. The van der Waals surface area contributed by atoms with Gasteiger partial charge >= 0.3 is 5.97 Å². The molecule has 0 aromatic heterocycles. The predicted molar refractivity (Wildman–Crippen MR) is 139 cm³/mol. The van der Waals surface area contributed by atoms with Crippen LogP contribution in [0.15, 0.2) is 47.6 Å². The van der Waals surface area contributed by atoms with Crippen LogP contribution < -0.4 is 14.2 Å². The summed E-state index contributed by atoms with van der Waals surface area (Å²) in [5.74, 6) is 1.60. The van der Waals surface area contributed by atoms with Crippen LogP contribution in [-0.2, 0) is 14.3 Å². The van der Waals surface area contributed by atoms with Gasteiger partial charge in [0.2, 0.25) is 0 Å². The number of ether oxygens (including phenoxy) is 4. The first-order valence-electron chi connectivity index (χ1n) is 12.6. The predicted octanol–water partition coefficient (Wildman–Crippen LogP) is 3.67. The van der Waals surface area contributed by atoms with E-state index in [1.54, 1.807) is 26.3 Å². The number of hydrazone groups is 1. The lowest BCUT2D eigenvalue weighted by atomic mass is 9.96. The van der Waals surface area contributed by atoms with Gasteiger partial charge in [-0.05, 0) is 57.1 Å². The molecule has 0 spiro atoms. The van der Waals surface area contributed by atoms with Gasteiger partial charge in [-0.3, -0.25) is 14.5 Å². The summed E-state index contributed by atoms with van der Waals surface area (Å²) in [6.45, 7) is 3.75. The smallest absolute Gasteiger partial charge is 0.309 e. The molecule has 2 aromatic carbocycles. The summed E-state index contributed by atoms with van der Waals surface area (Å²) < 4.78 is 21.6. The zero-order chi connectivity index (χ0) is 26.4. The van der Waals surface area contributed by atoms with Crippen molar-refractivity contribution in [3.8, 4) is 17.2 Å². The van der Waals surface area contributed by atoms with Crippen LogP contribution in [0.2, 0.25) is 0 Å². The summed E-state index contributed by atoms with van der Waals surface area (Å²) >= 11 is 0. The van der Waals surface area contributed by atoms with Crippen molar-refractivity contribution in [1.29, 1.82) is 0 Å². The summed E-state index contributed by atoms with van der Waals surface area (Å²) in [5, 5.41) is 6.39. The normalized spacial score (nSPS) is 18.3. The minimum atomic E-state index is -0.302. The summed E-state index contributed by atoms with van der Waals surface area (Å²) in [7, 11) is 4.82. The molecule has 2 aliphatic rings. The van der Waals surface area contributed by atoms with Crippen LogP contribution in [0.4, 0.5) is 0 Å². The second-order valence-electron chi connectivity index (χ2n) is 9.12. The maximum atomic E-state index is 13.6. The molecule has 9 nitrogen and oxygen atoms in total. The summed E-state index contributed by atoms with van der Waals surface area (Å²) in [6.07, 6.45) is 1.90. The Labute approximate surface area is 217 Å². The molecule has 198 valence electrons. The molecule has 9 heteroatoms. The first kappa shape index (κ1) is 26.5. The number of nitrogens with zero attached hydrogens (tertiary/aromatic N) is 3. The summed E-state index contributed by atoms with van der Waals surface area (Å²) in [6, 6.07) is 13.1.